The summed E-state index contributed by atoms with van der Waals surface area (Å²) in [6.07, 6.45) is 14.2. The van der Waals surface area contributed by atoms with E-state index in [9.17, 15) is 44.1 Å². The van der Waals surface area contributed by atoms with Gasteiger partial charge in [0.15, 0.2) is 23.0 Å². The highest BCUT2D eigenvalue weighted by atomic mass is 32.8. The van der Waals surface area contributed by atoms with E-state index in [-0.39, 0.29) is 60.3 Å². The summed E-state index contributed by atoms with van der Waals surface area (Å²) >= 11 is 7.33. The first-order chi connectivity index (χ1) is 38.9. The van der Waals surface area contributed by atoms with Gasteiger partial charge in [-0.3, -0.25) is 14.8 Å². The van der Waals surface area contributed by atoms with Crippen molar-refractivity contribution in [3.8, 4) is 17.2 Å². The molecule has 2 fully saturated rings. The standard InChI is InChI=1S/C22H25N3O5.C18H21N3O3.C17H15NO6.S2/c1-2-12-29-22(28)24-11-8-15-16-6-7-19(26)17(13-23-25-9-4-3-5-10-25)20(16)30-21(27)18(15)14-24;22-16-5-4-13-12-6-7-19-10-14(12)18(23)24-17(13)15(16)11-20-21-8-2-1-3-9-21;1-2-7-23-17(22)18-6-5-10-11-3-4-14(20)13(9-19)15(11)24-16(21)12(10)8-18;1-2/h2,6-7,13,26H,1,3-5,8-12,14H2;4-5,11,19,22H,1-3,6-10H2;2-4,9,20H,1,5-8H2;/b23-13+;20-11+;;. The van der Waals surface area contributed by atoms with E-state index in [1.54, 1.807) is 36.7 Å². The fourth-order valence-corrected chi connectivity index (χ4v) is 10.3. The zero-order chi connectivity index (χ0) is 56.9. The molecule has 420 valence electrons. The molecule has 5 aliphatic heterocycles. The Morgan fingerprint density at radius 2 is 0.950 bits per heavy atom. The van der Waals surface area contributed by atoms with Gasteiger partial charge in [-0.15, -0.1) is 0 Å². The van der Waals surface area contributed by atoms with Gasteiger partial charge in [-0.2, -0.15) is 10.2 Å². The van der Waals surface area contributed by atoms with Crippen LogP contribution in [0.4, 0.5) is 9.59 Å². The second-order valence-corrected chi connectivity index (χ2v) is 19.3. The maximum atomic E-state index is 12.7. The Labute approximate surface area is 468 Å². The zero-order valence-corrected chi connectivity index (χ0v) is 45.6. The SMILES string of the molecule is C=CCOC(=O)N1CCc2c(c(=O)oc3c(/C=N/N4CCCCC4)c(O)ccc23)C1.C=CCOC(=O)N1CCc2c(c(=O)oc3c(C=O)c(O)ccc23)C1.O=c1oc2c(/C=N/N3CCCCC3)c(O)ccc2c2c1CNCC2.S=S. The molecule has 80 heavy (non-hydrogen) atoms. The Hall–Kier alpha value is -8.28. The van der Waals surface area contributed by atoms with Crippen molar-refractivity contribution >= 4 is 86.2 Å². The highest BCUT2D eigenvalue weighted by Gasteiger charge is 2.30. The van der Waals surface area contributed by atoms with E-state index in [0.717, 1.165) is 92.3 Å². The fourth-order valence-electron chi connectivity index (χ4n) is 10.3. The Morgan fingerprint density at radius 1 is 0.562 bits per heavy atom. The van der Waals surface area contributed by atoms with Crippen molar-refractivity contribution in [3.63, 3.8) is 0 Å². The number of aromatic hydroxyl groups is 3. The number of benzene rings is 3. The van der Waals surface area contributed by atoms with E-state index < -0.39 is 23.4 Å². The van der Waals surface area contributed by atoms with Crippen LogP contribution in [0.25, 0.3) is 32.9 Å². The molecular weight excluding hydrogens is 1070 g/mol. The molecule has 5 aliphatic rings. The average Bonchev–Trinajstić information content (AvgIpc) is 3.51. The fraction of sp³-hybridized carbons (Fsp3) is 0.368. The summed E-state index contributed by atoms with van der Waals surface area (Å²) in [4.78, 5) is 75.4. The van der Waals surface area contributed by atoms with Crippen molar-refractivity contribution in [1.29, 1.82) is 0 Å². The van der Waals surface area contributed by atoms with Gasteiger partial charge in [0.05, 0.1) is 58.9 Å². The third kappa shape index (κ3) is 12.9. The summed E-state index contributed by atoms with van der Waals surface area (Å²) in [5.41, 5.74) is 4.22. The predicted octanol–water partition coefficient (Wildman–Crippen LogP) is 6.95. The van der Waals surface area contributed by atoms with Crippen LogP contribution in [-0.4, -0.2) is 125 Å². The summed E-state index contributed by atoms with van der Waals surface area (Å²) in [6.45, 7) is 13.2. The number of nitrogens with one attached hydrogen (secondary N) is 1. The molecule has 0 unspecified atom stereocenters. The molecule has 0 spiro atoms. The molecule has 0 aliphatic carbocycles. The van der Waals surface area contributed by atoms with E-state index in [1.165, 1.54) is 40.9 Å². The zero-order valence-electron chi connectivity index (χ0n) is 43.9. The molecule has 6 aromatic rings. The minimum absolute atomic E-state index is 0.0109. The van der Waals surface area contributed by atoms with E-state index >= 15 is 0 Å². The maximum absolute atomic E-state index is 12.7. The van der Waals surface area contributed by atoms with Crippen molar-refractivity contribution in [1.82, 2.24) is 25.1 Å². The molecule has 0 atom stereocenters. The number of carbonyl (C=O) groups excluding carboxylic acids is 3. The predicted molar refractivity (Wildman–Crippen MR) is 305 cm³/mol. The lowest BCUT2D eigenvalue weighted by Crippen LogP contribution is -2.38. The van der Waals surface area contributed by atoms with Gasteiger partial charge >= 0.3 is 29.1 Å². The molecule has 2 amide bonds. The lowest BCUT2D eigenvalue weighted by atomic mass is 9.96. The maximum Gasteiger partial charge on any atom is 0.410 e. The van der Waals surface area contributed by atoms with Crippen LogP contribution >= 0.6 is 0 Å². The first kappa shape index (κ1) is 57.9. The van der Waals surface area contributed by atoms with Crippen LogP contribution in [0.2, 0.25) is 0 Å². The molecule has 3 aromatic carbocycles. The van der Waals surface area contributed by atoms with Crippen LogP contribution in [0.1, 0.15) is 93.4 Å². The molecule has 2 saturated heterocycles. The third-order valence-corrected chi connectivity index (χ3v) is 14.4. The van der Waals surface area contributed by atoms with Crippen LogP contribution < -0.4 is 22.2 Å². The lowest BCUT2D eigenvalue weighted by Gasteiger charge is -2.28. The normalized spacial score (nSPS) is 15.8. The number of amides is 2. The minimum Gasteiger partial charge on any atom is -0.507 e. The highest BCUT2D eigenvalue weighted by Crippen LogP contribution is 2.34. The molecule has 0 bridgehead atoms. The van der Waals surface area contributed by atoms with Gasteiger partial charge in [-0.25, -0.2) is 24.0 Å². The van der Waals surface area contributed by atoms with E-state index in [4.69, 9.17) is 22.7 Å². The Morgan fingerprint density at radius 3 is 1.36 bits per heavy atom. The molecule has 23 heteroatoms. The first-order valence-corrected chi connectivity index (χ1v) is 27.6. The van der Waals surface area contributed by atoms with Gasteiger partial charge in [0.2, 0.25) is 0 Å². The number of piperidine rings is 2. The number of rotatable bonds is 9. The van der Waals surface area contributed by atoms with Crippen molar-refractivity contribution in [2.24, 2.45) is 10.2 Å². The molecule has 11 rings (SSSR count). The number of hydrogen-bond donors (Lipinski definition) is 4. The Balaban J connectivity index is 0.000000157. The van der Waals surface area contributed by atoms with Gasteiger partial charge in [0.1, 0.15) is 30.5 Å². The smallest absolute Gasteiger partial charge is 0.410 e. The molecule has 0 radical (unpaired) electrons. The van der Waals surface area contributed by atoms with Crippen molar-refractivity contribution in [2.75, 3.05) is 59.0 Å². The third-order valence-electron chi connectivity index (χ3n) is 14.4. The molecular formula is C57H61N7O14S2. The van der Waals surface area contributed by atoms with Crippen LogP contribution in [0.5, 0.6) is 17.2 Å². The van der Waals surface area contributed by atoms with Crippen LogP contribution in [0.15, 0.2) is 99.5 Å². The summed E-state index contributed by atoms with van der Waals surface area (Å²) < 4.78 is 26.4. The van der Waals surface area contributed by atoms with Gasteiger partial charge in [0, 0.05) is 84.3 Å². The second kappa shape index (κ2) is 27.1. The number of nitrogens with zero attached hydrogens (tertiary/aromatic N) is 6. The number of phenolic OH excluding ortho intramolecular Hbond substituents is 3. The number of ether oxygens (including phenoxy) is 2. The Bertz CT molecular complexity index is 3570. The number of hydrogen-bond acceptors (Lipinski definition) is 21. The summed E-state index contributed by atoms with van der Waals surface area (Å²) in [5, 5.41) is 48.7. The molecule has 4 N–H and O–H groups in total. The quantitative estimate of drug-likeness (QED) is 0.0493. The second-order valence-electron chi connectivity index (χ2n) is 19.3. The van der Waals surface area contributed by atoms with Gasteiger partial charge in [-0.1, -0.05) is 25.3 Å². The number of fused-ring (bicyclic) bond motifs is 9. The van der Waals surface area contributed by atoms with Crippen molar-refractivity contribution in [3.05, 3.63) is 143 Å². The minimum atomic E-state index is -0.632. The molecule has 0 saturated carbocycles. The Kier molecular flexibility index (Phi) is 19.6. The number of phenols is 3. The monoisotopic (exact) mass is 1130 g/mol. The number of aldehydes is 1. The van der Waals surface area contributed by atoms with Gasteiger partial charge in [0.25, 0.3) is 0 Å². The van der Waals surface area contributed by atoms with E-state index in [0.29, 0.717) is 83.1 Å². The topological polar surface area (TPSA) is 271 Å². The lowest BCUT2D eigenvalue weighted by molar-refractivity contribution is 0.106. The van der Waals surface area contributed by atoms with Crippen molar-refractivity contribution < 1.29 is 52.4 Å². The molecule has 8 heterocycles. The first-order valence-electron chi connectivity index (χ1n) is 26.3. The molecule has 21 nitrogen and oxygen atoms in total. The highest BCUT2D eigenvalue weighted by molar-refractivity contribution is 8.07. The van der Waals surface area contributed by atoms with Crippen molar-refractivity contribution in [2.45, 2.75) is 77.4 Å². The van der Waals surface area contributed by atoms with E-state index in [1.807, 2.05) is 16.1 Å². The summed E-state index contributed by atoms with van der Waals surface area (Å²) in [6, 6.07) is 9.81. The van der Waals surface area contributed by atoms with Crippen LogP contribution in [-0.2, 0) is 70.7 Å². The van der Waals surface area contributed by atoms with Gasteiger partial charge < -0.3 is 53.2 Å². The number of hydrazone groups is 2. The molecule has 3 aromatic heterocycles. The van der Waals surface area contributed by atoms with Crippen LogP contribution in [0, 0.1) is 0 Å². The van der Waals surface area contributed by atoms with Crippen LogP contribution in [0.3, 0.4) is 0 Å². The van der Waals surface area contributed by atoms with Gasteiger partial charge in [-0.05, 0) is 117 Å². The van der Waals surface area contributed by atoms with E-state index in [2.05, 4.69) is 51.1 Å². The largest absolute Gasteiger partial charge is 0.507 e. The average molecular weight is 1130 g/mol. The summed E-state index contributed by atoms with van der Waals surface area (Å²) in [5.74, 6) is -0.150. The summed E-state index contributed by atoms with van der Waals surface area (Å²) in [7, 11) is 0. The number of carbonyl (C=O) groups is 3.